The summed E-state index contributed by atoms with van der Waals surface area (Å²) in [6, 6.07) is 8.06. The molecular weight excluding hydrogens is 329 g/mol. The number of fused-ring (bicyclic) bond motifs is 1. The molecule has 1 N–H and O–H groups in total. The third kappa shape index (κ3) is 2.60. The van der Waals surface area contributed by atoms with Gasteiger partial charge < -0.3 is 10.0 Å². The van der Waals surface area contributed by atoms with Crippen LogP contribution in [0.2, 0.25) is 0 Å². The second-order valence-electron chi connectivity index (χ2n) is 5.85. The number of hydrogen-bond acceptors (Lipinski definition) is 5. The molecule has 122 valence electrons. The van der Waals surface area contributed by atoms with Gasteiger partial charge in [-0.3, -0.25) is 0 Å². The minimum atomic E-state index is -0.986. The highest BCUT2D eigenvalue weighted by atomic mass is 32.1. The quantitative estimate of drug-likeness (QED) is 0.780. The number of aromatic carboxylic acids is 1. The van der Waals surface area contributed by atoms with Crippen LogP contribution in [0.4, 0.5) is 10.2 Å². The average Bonchev–Trinajstić information content (AvgIpc) is 3.32. The highest BCUT2D eigenvalue weighted by Gasteiger charge is 2.30. The Kier molecular flexibility index (Phi) is 3.45. The maximum atomic E-state index is 13.2. The summed E-state index contributed by atoms with van der Waals surface area (Å²) in [5, 5.41) is 9.18. The monoisotopic (exact) mass is 343 g/mol. The molecule has 1 saturated carbocycles. The molecule has 0 unspecified atom stereocenters. The molecule has 0 saturated heterocycles. The number of aromatic nitrogens is 2. The lowest BCUT2D eigenvalue weighted by molar-refractivity contribution is 0.0702. The topological polar surface area (TPSA) is 66.3 Å². The van der Waals surface area contributed by atoms with Crippen LogP contribution in [0.15, 0.2) is 30.3 Å². The van der Waals surface area contributed by atoms with E-state index in [1.807, 2.05) is 7.05 Å². The number of hydrogen-bond donors (Lipinski definition) is 1. The predicted molar refractivity (Wildman–Crippen MR) is 91.2 cm³/mol. The van der Waals surface area contributed by atoms with E-state index in [4.69, 9.17) is 0 Å². The first-order valence-electron chi connectivity index (χ1n) is 7.56. The Bertz CT molecular complexity index is 935. The van der Waals surface area contributed by atoms with Crippen molar-refractivity contribution in [3.63, 3.8) is 0 Å². The van der Waals surface area contributed by atoms with E-state index >= 15 is 0 Å². The standard InChI is InChI=1S/C17H14FN3O2S/c1-21(11-6-7-11)15-14(9-2-4-10(18)5-3-9)19-12-8-13(17(22)23)24-16(12)20-15/h2-5,8,11H,6-7H2,1H3,(H,22,23). The van der Waals surface area contributed by atoms with Crippen molar-refractivity contribution >= 4 is 33.5 Å². The molecule has 0 aliphatic heterocycles. The van der Waals surface area contributed by atoms with Gasteiger partial charge in [0.25, 0.3) is 0 Å². The second-order valence-corrected chi connectivity index (χ2v) is 6.88. The van der Waals surface area contributed by atoms with Gasteiger partial charge in [-0.2, -0.15) is 0 Å². The van der Waals surface area contributed by atoms with Gasteiger partial charge in [0.1, 0.15) is 26.7 Å². The summed E-state index contributed by atoms with van der Waals surface area (Å²) in [4.78, 5) is 23.4. The fourth-order valence-electron chi connectivity index (χ4n) is 2.64. The molecule has 1 aliphatic carbocycles. The van der Waals surface area contributed by atoms with E-state index in [0.29, 0.717) is 27.9 Å². The lowest BCUT2D eigenvalue weighted by atomic mass is 10.1. The third-order valence-electron chi connectivity index (χ3n) is 4.10. The van der Waals surface area contributed by atoms with Crippen molar-refractivity contribution in [2.75, 3.05) is 11.9 Å². The molecule has 0 radical (unpaired) electrons. The summed E-state index contributed by atoms with van der Waals surface area (Å²) in [6.07, 6.45) is 2.20. The van der Waals surface area contributed by atoms with Gasteiger partial charge in [-0.15, -0.1) is 11.3 Å². The third-order valence-corrected chi connectivity index (χ3v) is 5.11. The first-order valence-corrected chi connectivity index (χ1v) is 8.38. The van der Waals surface area contributed by atoms with Crippen LogP contribution in [0.25, 0.3) is 21.6 Å². The van der Waals surface area contributed by atoms with Crippen LogP contribution in [0.1, 0.15) is 22.5 Å². The summed E-state index contributed by atoms with van der Waals surface area (Å²) in [6.45, 7) is 0. The Balaban J connectivity index is 1.92. The van der Waals surface area contributed by atoms with Gasteiger partial charge in [0.05, 0.1) is 0 Å². The van der Waals surface area contributed by atoms with Crippen molar-refractivity contribution in [3.8, 4) is 11.3 Å². The van der Waals surface area contributed by atoms with E-state index in [1.54, 1.807) is 12.1 Å². The number of carbonyl (C=O) groups is 1. The Hall–Kier alpha value is -2.54. The molecule has 1 aromatic carbocycles. The molecule has 0 bridgehead atoms. The number of nitrogens with zero attached hydrogens (tertiary/aromatic N) is 3. The van der Waals surface area contributed by atoms with Crippen molar-refractivity contribution in [1.29, 1.82) is 0 Å². The maximum Gasteiger partial charge on any atom is 0.346 e. The van der Waals surface area contributed by atoms with Gasteiger partial charge in [0.15, 0.2) is 5.82 Å². The first kappa shape index (κ1) is 15.0. The number of carboxylic acids is 1. The van der Waals surface area contributed by atoms with Gasteiger partial charge in [0.2, 0.25) is 0 Å². The highest BCUT2D eigenvalue weighted by molar-refractivity contribution is 7.20. The molecule has 0 atom stereocenters. The Morgan fingerprint density at radius 1 is 1.29 bits per heavy atom. The zero-order valence-corrected chi connectivity index (χ0v) is 13.7. The van der Waals surface area contributed by atoms with Gasteiger partial charge in [-0.25, -0.2) is 19.2 Å². The summed E-state index contributed by atoms with van der Waals surface area (Å²) in [5.41, 5.74) is 1.95. The molecule has 2 heterocycles. The van der Waals surface area contributed by atoms with Crippen LogP contribution in [-0.4, -0.2) is 34.1 Å². The van der Waals surface area contributed by atoms with E-state index < -0.39 is 5.97 Å². The first-order chi connectivity index (χ1) is 11.5. The van der Waals surface area contributed by atoms with Crippen LogP contribution < -0.4 is 4.90 Å². The average molecular weight is 343 g/mol. The molecule has 0 amide bonds. The summed E-state index contributed by atoms with van der Waals surface area (Å²) < 4.78 is 13.2. The number of thiophene rings is 1. The van der Waals surface area contributed by atoms with E-state index in [9.17, 15) is 14.3 Å². The van der Waals surface area contributed by atoms with Gasteiger partial charge in [-0.1, -0.05) is 0 Å². The fraction of sp³-hybridized carbons (Fsp3) is 0.235. The minimum Gasteiger partial charge on any atom is -0.477 e. The largest absolute Gasteiger partial charge is 0.477 e. The number of rotatable bonds is 4. The van der Waals surface area contributed by atoms with E-state index in [0.717, 1.165) is 29.7 Å². The SMILES string of the molecule is CN(c1nc2sc(C(=O)O)cc2nc1-c1ccc(F)cc1)C1CC1. The second kappa shape index (κ2) is 5.52. The van der Waals surface area contributed by atoms with Gasteiger partial charge in [0, 0.05) is 18.7 Å². The van der Waals surface area contributed by atoms with Crippen molar-refractivity contribution in [2.45, 2.75) is 18.9 Å². The number of benzene rings is 1. The fourth-order valence-corrected chi connectivity index (χ4v) is 3.45. The molecular formula is C17H14FN3O2S. The van der Waals surface area contributed by atoms with E-state index in [1.165, 1.54) is 18.2 Å². The van der Waals surface area contributed by atoms with Crippen LogP contribution >= 0.6 is 11.3 Å². The smallest absolute Gasteiger partial charge is 0.346 e. The molecule has 4 rings (SSSR count). The lowest BCUT2D eigenvalue weighted by Crippen LogP contribution is -2.21. The minimum absolute atomic E-state index is 0.210. The number of carboxylic acid groups (broad SMARTS) is 1. The highest BCUT2D eigenvalue weighted by Crippen LogP contribution is 2.37. The molecule has 3 aromatic rings. The molecule has 7 heteroatoms. The van der Waals surface area contributed by atoms with Crippen molar-refractivity contribution in [2.24, 2.45) is 0 Å². The van der Waals surface area contributed by atoms with E-state index in [2.05, 4.69) is 14.9 Å². The summed E-state index contributed by atoms with van der Waals surface area (Å²) in [7, 11) is 1.96. The molecule has 0 spiro atoms. The van der Waals surface area contributed by atoms with Crippen molar-refractivity contribution < 1.29 is 14.3 Å². The Morgan fingerprint density at radius 2 is 2.00 bits per heavy atom. The Morgan fingerprint density at radius 3 is 2.62 bits per heavy atom. The molecule has 1 aliphatic rings. The van der Waals surface area contributed by atoms with Gasteiger partial charge in [-0.05, 0) is 43.2 Å². The van der Waals surface area contributed by atoms with Crippen LogP contribution in [0.5, 0.6) is 0 Å². The zero-order chi connectivity index (χ0) is 16.8. The molecule has 24 heavy (non-hydrogen) atoms. The van der Waals surface area contributed by atoms with Crippen LogP contribution in [0, 0.1) is 5.82 Å². The van der Waals surface area contributed by atoms with Gasteiger partial charge >= 0.3 is 5.97 Å². The summed E-state index contributed by atoms with van der Waals surface area (Å²) >= 11 is 1.12. The van der Waals surface area contributed by atoms with Crippen molar-refractivity contribution in [1.82, 2.24) is 9.97 Å². The predicted octanol–water partition coefficient (Wildman–Crippen LogP) is 3.79. The normalized spacial score (nSPS) is 14.1. The summed E-state index contributed by atoms with van der Waals surface area (Å²) in [5.74, 6) is -0.593. The lowest BCUT2D eigenvalue weighted by Gasteiger charge is -2.20. The number of halogens is 1. The number of anilines is 1. The molecule has 2 aromatic heterocycles. The van der Waals surface area contributed by atoms with Crippen LogP contribution in [-0.2, 0) is 0 Å². The molecule has 5 nitrogen and oxygen atoms in total. The zero-order valence-electron chi connectivity index (χ0n) is 12.9. The Labute approximate surface area is 141 Å². The maximum absolute atomic E-state index is 13.2. The molecule has 1 fully saturated rings. The van der Waals surface area contributed by atoms with E-state index in [-0.39, 0.29) is 10.7 Å². The van der Waals surface area contributed by atoms with Crippen molar-refractivity contribution in [3.05, 3.63) is 41.0 Å². The van der Waals surface area contributed by atoms with Crippen LogP contribution in [0.3, 0.4) is 0 Å².